The van der Waals surface area contributed by atoms with Crippen LogP contribution in [0.5, 0.6) is 0 Å². The molecule has 0 bridgehead atoms. The zero-order chi connectivity index (χ0) is 14.6. The number of nitrogen functional groups attached to an aromatic ring is 1. The van der Waals surface area contributed by atoms with Crippen molar-refractivity contribution >= 4 is 28.6 Å². The van der Waals surface area contributed by atoms with Crippen LogP contribution < -0.4 is 5.73 Å². The molecule has 1 aliphatic rings. The van der Waals surface area contributed by atoms with Gasteiger partial charge in [-0.25, -0.2) is 9.37 Å². The highest BCUT2D eigenvalue weighted by molar-refractivity contribution is 6.31. The zero-order valence-corrected chi connectivity index (χ0v) is 11.9. The molecule has 0 aliphatic heterocycles. The fourth-order valence-electron chi connectivity index (χ4n) is 3.21. The van der Waals surface area contributed by atoms with Crippen molar-refractivity contribution < 1.29 is 4.39 Å². The van der Waals surface area contributed by atoms with Crippen molar-refractivity contribution in [3.8, 4) is 0 Å². The van der Waals surface area contributed by atoms with E-state index in [1.165, 1.54) is 17.2 Å². The van der Waals surface area contributed by atoms with E-state index in [0.717, 1.165) is 18.4 Å². The first-order valence-corrected chi connectivity index (χ1v) is 7.20. The van der Waals surface area contributed by atoms with E-state index in [9.17, 15) is 4.39 Å². The molecule has 1 aromatic heterocycles. The predicted molar refractivity (Wildman–Crippen MR) is 82.0 cm³/mol. The van der Waals surface area contributed by atoms with E-state index in [4.69, 9.17) is 17.3 Å². The molecule has 106 valence electrons. The Morgan fingerprint density at radius 2 is 1.86 bits per heavy atom. The number of nitrogens with zero attached hydrogens (tertiary/aromatic N) is 2. The number of fused-ring (bicyclic) bond motifs is 2. The molecule has 5 heteroatoms. The van der Waals surface area contributed by atoms with Gasteiger partial charge < -0.3 is 10.3 Å². The second-order valence-electron chi connectivity index (χ2n) is 5.43. The van der Waals surface area contributed by atoms with Gasteiger partial charge in [-0.05, 0) is 30.0 Å². The van der Waals surface area contributed by atoms with E-state index < -0.39 is 5.82 Å². The number of nitrogens with two attached hydrogens (primary N) is 1. The second-order valence-corrected chi connectivity index (χ2v) is 5.83. The Kier molecular flexibility index (Phi) is 2.69. The number of rotatable bonds is 1. The molecule has 3 nitrogen and oxygen atoms in total. The van der Waals surface area contributed by atoms with Gasteiger partial charge in [-0.3, -0.25) is 0 Å². The van der Waals surface area contributed by atoms with Gasteiger partial charge in [-0.15, -0.1) is 0 Å². The Balaban J connectivity index is 1.85. The molecule has 0 atom stereocenters. The first-order chi connectivity index (χ1) is 10.1. The van der Waals surface area contributed by atoms with Crippen molar-refractivity contribution in [2.45, 2.75) is 18.9 Å². The molecule has 0 radical (unpaired) electrons. The Morgan fingerprint density at radius 1 is 1.19 bits per heavy atom. The highest BCUT2D eigenvalue weighted by Gasteiger charge is 2.26. The quantitative estimate of drug-likeness (QED) is 0.744. The Labute approximate surface area is 126 Å². The minimum Gasteiger partial charge on any atom is -0.369 e. The molecule has 4 rings (SSSR count). The van der Waals surface area contributed by atoms with Crippen LogP contribution in [0.15, 0.2) is 36.4 Å². The summed E-state index contributed by atoms with van der Waals surface area (Å²) < 4.78 is 15.5. The fourth-order valence-corrected chi connectivity index (χ4v) is 3.37. The van der Waals surface area contributed by atoms with Crippen LogP contribution >= 0.6 is 11.6 Å². The predicted octanol–water partition coefficient (Wildman–Crippen LogP) is 3.75. The van der Waals surface area contributed by atoms with Gasteiger partial charge in [-0.2, -0.15) is 0 Å². The largest absolute Gasteiger partial charge is 0.369 e. The van der Waals surface area contributed by atoms with Crippen molar-refractivity contribution in [3.63, 3.8) is 0 Å². The molecule has 0 fully saturated rings. The average Bonchev–Trinajstić information content (AvgIpc) is 2.99. The molecule has 2 aromatic carbocycles. The summed E-state index contributed by atoms with van der Waals surface area (Å²) in [5, 5.41) is 0.0964. The third-order valence-corrected chi connectivity index (χ3v) is 4.44. The number of hydrogen-bond donors (Lipinski definition) is 1. The van der Waals surface area contributed by atoms with Gasteiger partial charge in [0.15, 0.2) is 0 Å². The number of imidazole rings is 1. The SMILES string of the molecule is Nc1nc2cc(F)c(Cl)cc2n1C1Cc2ccccc2C1. The van der Waals surface area contributed by atoms with Crippen molar-refractivity contribution in [1.29, 1.82) is 0 Å². The van der Waals surface area contributed by atoms with Crippen molar-refractivity contribution in [2.24, 2.45) is 0 Å². The van der Waals surface area contributed by atoms with E-state index in [2.05, 4.69) is 17.1 Å². The van der Waals surface area contributed by atoms with Gasteiger partial charge in [0.2, 0.25) is 5.95 Å². The lowest BCUT2D eigenvalue weighted by Crippen LogP contribution is -2.12. The summed E-state index contributed by atoms with van der Waals surface area (Å²) >= 11 is 5.91. The monoisotopic (exact) mass is 301 g/mol. The van der Waals surface area contributed by atoms with Crippen LogP contribution in [0.2, 0.25) is 5.02 Å². The van der Waals surface area contributed by atoms with Crippen LogP contribution in [0.4, 0.5) is 10.3 Å². The molecule has 0 amide bonds. The summed E-state index contributed by atoms with van der Waals surface area (Å²) in [7, 11) is 0. The van der Waals surface area contributed by atoms with Crippen LogP contribution in [0.1, 0.15) is 17.2 Å². The third kappa shape index (κ3) is 1.90. The minimum atomic E-state index is -0.469. The van der Waals surface area contributed by atoms with Crippen LogP contribution in [0, 0.1) is 5.82 Å². The maximum atomic E-state index is 13.6. The second kappa shape index (κ2) is 4.46. The van der Waals surface area contributed by atoms with Crippen LogP contribution in [-0.2, 0) is 12.8 Å². The van der Waals surface area contributed by atoms with Gasteiger partial charge in [0.05, 0.1) is 16.1 Å². The molecule has 0 saturated heterocycles. The van der Waals surface area contributed by atoms with Gasteiger partial charge in [0.25, 0.3) is 0 Å². The summed E-state index contributed by atoms with van der Waals surface area (Å²) in [5.41, 5.74) is 10.1. The highest BCUT2D eigenvalue weighted by Crippen LogP contribution is 2.35. The van der Waals surface area contributed by atoms with Gasteiger partial charge in [0, 0.05) is 12.1 Å². The van der Waals surface area contributed by atoms with Crippen molar-refractivity contribution in [1.82, 2.24) is 9.55 Å². The van der Waals surface area contributed by atoms with Crippen LogP contribution in [0.25, 0.3) is 11.0 Å². The molecular weight excluding hydrogens is 289 g/mol. The van der Waals surface area contributed by atoms with Gasteiger partial charge >= 0.3 is 0 Å². The summed E-state index contributed by atoms with van der Waals surface area (Å²) in [6.45, 7) is 0. The zero-order valence-electron chi connectivity index (χ0n) is 11.2. The lowest BCUT2D eigenvalue weighted by atomic mass is 10.1. The van der Waals surface area contributed by atoms with E-state index >= 15 is 0 Å². The smallest absolute Gasteiger partial charge is 0.201 e. The number of aromatic nitrogens is 2. The van der Waals surface area contributed by atoms with Gasteiger partial charge in [-0.1, -0.05) is 35.9 Å². The van der Waals surface area contributed by atoms with Crippen molar-refractivity contribution in [2.75, 3.05) is 5.73 Å². The first kappa shape index (κ1) is 12.7. The van der Waals surface area contributed by atoms with Crippen molar-refractivity contribution in [3.05, 3.63) is 58.4 Å². The third-order valence-electron chi connectivity index (χ3n) is 4.15. The number of hydrogen-bond acceptors (Lipinski definition) is 2. The molecule has 3 aromatic rings. The van der Waals surface area contributed by atoms with Gasteiger partial charge in [0.1, 0.15) is 5.82 Å². The molecule has 0 unspecified atom stereocenters. The molecule has 2 N–H and O–H groups in total. The molecule has 21 heavy (non-hydrogen) atoms. The Bertz CT molecular complexity index is 831. The summed E-state index contributed by atoms with van der Waals surface area (Å²) in [4.78, 5) is 4.26. The first-order valence-electron chi connectivity index (χ1n) is 6.82. The summed E-state index contributed by atoms with van der Waals surface area (Å²) in [6.07, 6.45) is 1.81. The Morgan fingerprint density at radius 3 is 2.52 bits per heavy atom. The topological polar surface area (TPSA) is 43.8 Å². The average molecular weight is 302 g/mol. The highest BCUT2D eigenvalue weighted by atomic mass is 35.5. The molecule has 1 heterocycles. The molecular formula is C16H13ClFN3. The maximum absolute atomic E-state index is 13.6. The van der Waals surface area contributed by atoms with E-state index in [1.54, 1.807) is 6.07 Å². The number of halogens is 2. The molecule has 1 aliphatic carbocycles. The normalized spacial score (nSPS) is 14.8. The summed E-state index contributed by atoms with van der Waals surface area (Å²) in [5.74, 6) is -0.0620. The Hall–Kier alpha value is -2.07. The van der Waals surface area contributed by atoms with E-state index in [1.807, 2.05) is 16.7 Å². The van der Waals surface area contributed by atoms with Crippen LogP contribution in [0.3, 0.4) is 0 Å². The van der Waals surface area contributed by atoms with E-state index in [0.29, 0.717) is 11.5 Å². The van der Waals surface area contributed by atoms with E-state index in [-0.39, 0.29) is 11.1 Å². The maximum Gasteiger partial charge on any atom is 0.201 e. The standard InChI is InChI=1S/C16H13ClFN3/c17-12-7-15-14(8-13(12)18)20-16(19)21(15)11-5-9-3-1-2-4-10(9)6-11/h1-4,7-8,11H,5-6H2,(H2,19,20). The lowest BCUT2D eigenvalue weighted by Gasteiger charge is -2.14. The lowest BCUT2D eigenvalue weighted by molar-refractivity contribution is 0.550. The molecule has 0 saturated carbocycles. The fraction of sp³-hybridized carbons (Fsp3) is 0.188. The summed E-state index contributed by atoms with van der Waals surface area (Å²) in [6, 6.07) is 11.5. The minimum absolute atomic E-state index is 0.0964. The molecule has 0 spiro atoms. The number of anilines is 1. The van der Waals surface area contributed by atoms with Crippen LogP contribution in [-0.4, -0.2) is 9.55 Å². The number of benzene rings is 2.